The zero-order valence-electron chi connectivity index (χ0n) is 17.1. The molecule has 2 aliphatic rings. The summed E-state index contributed by atoms with van der Waals surface area (Å²) in [5.74, 6) is 0.415. The maximum absolute atomic E-state index is 12.8. The number of rotatable bonds is 6. The highest BCUT2D eigenvalue weighted by Gasteiger charge is 2.38. The van der Waals surface area contributed by atoms with Crippen molar-refractivity contribution in [1.29, 1.82) is 0 Å². The molecule has 3 amide bonds. The molecule has 0 spiro atoms. The smallest absolute Gasteiger partial charge is 0.248 e. The van der Waals surface area contributed by atoms with E-state index in [4.69, 9.17) is 4.74 Å². The average Bonchev–Trinajstić information content (AvgIpc) is 3.39. The minimum Gasteiger partial charge on any atom is -0.497 e. The van der Waals surface area contributed by atoms with Gasteiger partial charge in [0.15, 0.2) is 0 Å². The summed E-state index contributed by atoms with van der Waals surface area (Å²) >= 11 is 0. The molecule has 1 saturated heterocycles. The van der Waals surface area contributed by atoms with Crippen molar-refractivity contribution in [1.82, 2.24) is 9.80 Å². The molecule has 0 atom stereocenters. The Labute approximate surface area is 166 Å². The summed E-state index contributed by atoms with van der Waals surface area (Å²) in [6.07, 6.45) is 2.30. The van der Waals surface area contributed by atoms with Gasteiger partial charge < -0.3 is 14.5 Å². The second-order valence-corrected chi connectivity index (χ2v) is 8.74. The minimum atomic E-state index is -0.182. The lowest BCUT2D eigenvalue weighted by atomic mass is 9.91. The number of methoxy groups -OCH3 is 1. The van der Waals surface area contributed by atoms with Crippen LogP contribution in [0.5, 0.6) is 5.75 Å². The Morgan fingerprint density at radius 3 is 2.36 bits per heavy atom. The van der Waals surface area contributed by atoms with E-state index in [0.29, 0.717) is 12.2 Å². The van der Waals surface area contributed by atoms with E-state index in [9.17, 15) is 14.4 Å². The molecule has 2 fully saturated rings. The van der Waals surface area contributed by atoms with Crippen molar-refractivity contribution in [2.45, 2.75) is 46.1 Å². The van der Waals surface area contributed by atoms with E-state index in [-0.39, 0.29) is 48.9 Å². The number of benzene rings is 1. The molecular weight excluding hydrogens is 358 g/mol. The van der Waals surface area contributed by atoms with E-state index < -0.39 is 0 Å². The first kappa shape index (κ1) is 20.2. The first-order valence-corrected chi connectivity index (χ1v) is 9.69. The fourth-order valence-corrected chi connectivity index (χ4v) is 3.31. The van der Waals surface area contributed by atoms with Gasteiger partial charge in [0, 0.05) is 18.2 Å². The predicted octanol–water partition coefficient (Wildman–Crippen LogP) is 2.26. The molecule has 28 heavy (non-hydrogen) atoms. The fraction of sp³-hybridized carbons (Fsp3) is 0.571. The highest BCUT2D eigenvalue weighted by Crippen LogP contribution is 2.30. The molecule has 3 rings (SSSR count). The Kier molecular flexibility index (Phi) is 5.63. The van der Waals surface area contributed by atoms with E-state index >= 15 is 0 Å². The van der Waals surface area contributed by atoms with E-state index in [1.54, 1.807) is 41.2 Å². The van der Waals surface area contributed by atoms with Crippen molar-refractivity contribution < 1.29 is 19.1 Å². The van der Waals surface area contributed by atoms with E-state index in [2.05, 4.69) is 0 Å². The monoisotopic (exact) mass is 387 g/mol. The SMILES string of the molecule is COc1ccc(N2CN(C(=O)CN(C(=O)CC(C)(C)C)C3CC3)CC2=O)cc1. The Morgan fingerprint density at radius 2 is 1.82 bits per heavy atom. The van der Waals surface area contributed by atoms with Gasteiger partial charge in [-0.3, -0.25) is 19.3 Å². The van der Waals surface area contributed by atoms with E-state index in [1.165, 1.54) is 4.90 Å². The van der Waals surface area contributed by atoms with Crippen LogP contribution in [0.1, 0.15) is 40.0 Å². The van der Waals surface area contributed by atoms with Crippen molar-refractivity contribution in [3.05, 3.63) is 24.3 Å². The summed E-state index contributed by atoms with van der Waals surface area (Å²) in [6, 6.07) is 7.33. The molecule has 0 radical (unpaired) electrons. The number of hydrogen-bond donors (Lipinski definition) is 0. The summed E-state index contributed by atoms with van der Waals surface area (Å²) < 4.78 is 5.14. The number of carbonyl (C=O) groups excluding carboxylic acids is 3. The van der Waals surface area contributed by atoms with E-state index in [1.807, 2.05) is 20.8 Å². The van der Waals surface area contributed by atoms with Crippen LogP contribution in [0.25, 0.3) is 0 Å². The number of nitrogens with zero attached hydrogens (tertiary/aromatic N) is 3. The number of anilines is 1. The van der Waals surface area contributed by atoms with Crippen molar-refractivity contribution in [3.63, 3.8) is 0 Å². The first-order chi connectivity index (χ1) is 13.2. The molecular formula is C21H29N3O4. The lowest BCUT2D eigenvalue weighted by Crippen LogP contribution is -2.44. The van der Waals surface area contributed by atoms with Crippen LogP contribution in [0.15, 0.2) is 24.3 Å². The van der Waals surface area contributed by atoms with Crippen molar-refractivity contribution in [3.8, 4) is 5.75 Å². The number of ether oxygens (including phenoxy) is 1. The molecule has 7 heteroatoms. The van der Waals surface area contributed by atoms with Gasteiger partial charge in [0.25, 0.3) is 0 Å². The molecule has 152 valence electrons. The Balaban J connectivity index is 1.63. The van der Waals surface area contributed by atoms with Gasteiger partial charge in [-0.15, -0.1) is 0 Å². The van der Waals surface area contributed by atoms with Crippen LogP contribution < -0.4 is 9.64 Å². The van der Waals surface area contributed by atoms with Gasteiger partial charge >= 0.3 is 0 Å². The number of hydrogen-bond acceptors (Lipinski definition) is 4. The molecule has 1 heterocycles. The quantitative estimate of drug-likeness (QED) is 0.751. The normalized spacial score (nSPS) is 17.1. The predicted molar refractivity (Wildman–Crippen MR) is 106 cm³/mol. The third-order valence-electron chi connectivity index (χ3n) is 4.97. The van der Waals surface area contributed by atoms with Crippen LogP contribution in [-0.4, -0.2) is 60.4 Å². The number of amides is 3. The molecule has 7 nitrogen and oxygen atoms in total. The van der Waals surface area contributed by atoms with Gasteiger partial charge in [-0.1, -0.05) is 20.8 Å². The molecule has 1 aliphatic heterocycles. The van der Waals surface area contributed by atoms with Gasteiger partial charge in [-0.05, 0) is 42.5 Å². The third-order valence-corrected chi connectivity index (χ3v) is 4.97. The van der Waals surface area contributed by atoms with Gasteiger partial charge in [-0.2, -0.15) is 0 Å². The molecule has 1 aromatic carbocycles. The molecule has 1 aliphatic carbocycles. The molecule has 0 bridgehead atoms. The summed E-state index contributed by atoms with van der Waals surface area (Å²) in [5, 5.41) is 0. The maximum atomic E-state index is 12.8. The molecule has 1 saturated carbocycles. The second kappa shape index (κ2) is 7.81. The average molecular weight is 387 g/mol. The van der Waals surface area contributed by atoms with Crippen molar-refractivity contribution >= 4 is 23.4 Å². The maximum Gasteiger partial charge on any atom is 0.248 e. The van der Waals surface area contributed by atoms with Crippen LogP contribution in [0.4, 0.5) is 5.69 Å². The van der Waals surface area contributed by atoms with Crippen molar-refractivity contribution in [2.75, 3.05) is 31.8 Å². The molecule has 0 aromatic heterocycles. The fourth-order valence-electron chi connectivity index (χ4n) is 3.31. The Morgan fingerprint density at radius 1 is 1.18 bits per heavy atom. The molecule has 0 unspecified atom stereocenters. The zero-order chi connectivity index (χ0) is 20.5. The highest BCUT2D eigenvalue weighted by atomic mass is 16.5. The summed E-state index contributed by atoms with van der Waals surface area (Å²) in [6.45, 7) is 6.34. The lowest BCUT2D eigenvalue weighted by Gasteiger charge is -2.28. The first-order valence-electron chi connectivity index (χ1n) is 9.69. The van der Waals surface area contributed by atoms with Crippen LogP contribution >= 0.6 is 0 Å². The van der Waals surface area contributed by atoms with Gasteiger partial charge in [0.2, 0.25) is 17.7 Å². The largest absolute Gasteiger partial charge is 0.497 e. The van der Waals surface area contributed by atoms with Crippen molar-refractivity contribution in [2.24, 2.45) is 5.41 Å². The minimum absolute atomic E-state index is 0.0147. The van der Waals surface area contributed by atoms with Crippen LogP contribution in [0.3, 0.4) is 0 Å². The number of carbonyl (C=O) groups is 3. The summed E-state index contributed by atoms with van der Waals surface area (Å²) in [7, 11) is 1.59. The van der Waals surface area contributed by atoms with Gasteiger partial charge in [0.1, 0.15) is 25.5 Å². The Bertz CT molecular complexity index is 750. The summed E-state index contributed by atoms with van der Waals surface area (Å²) in [4.78, 5) is 42.7. The van der Waals surface area contributed by atoms with E-state index in [0.717, 1.165) is 18.5 Å². The Hall–Kier alpha value is -2.57. The van der Waals surface area contributed by atoms with Crippen LogP contribution in [0, 0.1) is 5.41 Å². The molecule has 1 aromatic rings. The zero-order valence-corrected chi connectivity index (χ0v) is 17.1. The van der Waals surface area contributed by atoms with Gasteiger partial charge in [-0.25, -0.2) is 0 Å². The standard InChI is InChI=1S/C21H29N3O4/c1-21(2,3)11-18(25)23(15-5-6-15)13-19(26)22-12-20(27)24(14-22)16-7-9-17(28-4)10-8-16/h7-10,15H,5-6,11-14H2,1-4H3. The lowest BCUT2D eigenvalue weighted by molar-refractivity contribution is -0.141. The van der Waals surface area contributed by atoms with Gasteiger partial charge in [0.05, 0.1) is 7.11 Å². The third kappa shape index (κ3) is 4.82. The highest BCUT2D eigenvalue weighted by molar-refractivity contribution is 6.00. The second-order valence-electron chi connectivity index (χ2n) is 8.74. The summed E-state index contributed by atoms with van der Waals surface area (Å²) in [5.41, 5.74) is 0.603. The van der Waals surface area contributed by atoms with Crippen LogP contribution in [0.2, 0.25) is 0 Å². The molecule has 0 N–H and O–H groups in total. The van der Waals surface area contributed by atoms with Crippen LogP contribution in [-0.2, 0) is 14.4 Å². The topological polar surface area (TPSA) is 70.2 Å².